The quantitative estimate of drug-likeness (QED) is 0.881. The summed E-state index contributed by atoms with van der Waals surface area (Å²) in [4.78, 5) is 3.47. The minimum Gasteiger partial charge on any atom is -0.325 e. The summed E-state index contributed by atoms with van der Waals surface area (Å²) in [6.45, 7) is -0.117. The summed E-state index contributed by atoms with van der Waals surface area (Å²) in [6.07, 6.45) is -1.83. The van der Waals surface area contributed by atoms with E-state index in [0.29, 0.717) is 0 Å². The van der Waals surface area contributed by atoms with E-state index in [1.165, 1.54) is 0 Å². The molecule has 1 rings (SSSR count). The van der Waals surface area contributed by atoms with E-state index in [0.717, 1.165) is 6.20 Å². The molecule has 1 heterocycles. The molecule has 0 amide bonds. The highest BCUT2D eigenvalue weighted by Gasteiger charge is 2.17. The lowest BCUT2D eigenvalue weighted by molar-refractivity contribution is 0.149. The molecule has 2 N–H and O–H groups in total. The van der Waals surface area contributed by atoms with Crippen LogP contribution in [0.2, 0.25) is 0 Å². The summed E-state index contributed by atoms with van der Waals surface area (Å²) in [5.41, 5.74) is 4.64. The minimum absolute atomic E-state index is 0.0312. The summed E-state index contributed by atoms with van der Waals surface area (Å²) in [7, 11) is 0. The first-order valence-electron chi connectivity index (χ1n) is 3.39. The van der Waals surface area contributed by atoms with Gasteiger partial charge in [0, 0.05) is 12.7 Å². The third kappa shape index (κ3) is 2.00. The molecule has 0 unspecified atom stereocenters. The van der Waals surface area contributed by atoms with Gasteiger partial charge in [-0.3, -0.25) is 4.98 Å². The average molecular weight is 255 g/mol. The third-order valence-corrected chi connectivity index (χ3v) is 2.29. The van der Waals surface area contributed by atoms with Gasteiger partial charge in [-0.2, -0.15) is 0 Å². The van der Waals surface area contributed by atoms with Gasteiger partial charge in [-0.25, -0.2) is 13.2 Å². The molecule has 1 aromatic heterocycles. The second-order valence-corrected chi connectivity index (χ2v) is 3.09. The Labute approximate surface area is 81.1 Å². The maximum absolute atomic E-state index is 13.1. The molecule has 0 bridgehead atoms. The van der Waals surface area contributed by atoms with Crippen molar-refractivity contribution in [1.82, 2.24) is 4.98 Å². The van der Waals surface area contributed by atoms with E-state index >= 15 is 0 Å². The Morgan fingerprint density at radius 3 is 2.62 bits per heavy atom. The fourth-order valence-electron chi connectivity index (χ4n) is 0.809. The Morgan fingerprint density at radius 2 is 2.15 bits per heavy atom. The highest BCUT2D eigenvalue weighted by atomic mass is 79.9. The number of hydrogen-bond donors (Lipinski definition) is 1. The van der Waals surface area contributed by atoms with Crippen molar-refractivity contribution in [1.29, 1.82) is 0 Å². The average Bonchev–Trinajstić information content (AvgIpc) is 2.09. The van der Waals surface area contributed by atoms with Gasteiger partial charge in [-0.15, -0.1) is 0 Å². The predicted octanol–water partition coefficient (Wildman–Crippen LogP) is 2.38. The molecular weight excluding hydrogens is 249 g/mol. The van der Waals surface area contributed by atoms with Crippen molar-refractivity contribution in [2.24, 2.45) is 5.73 Å². The molecule has 1 aromatic rings. The number of nitrogens with two attached hydrogens (primary N) is 1. The summed E-state index contributed by atoms with van der Waals surface area (Å²) in [5, 5.41) is 0. The third-order valence-electron chi connectivity index (χ3n) is 1.49. The van der Waals surface area contributed by atoms with E-state index in [9.17, 15) is 13.2 Å². The van der Waals surface area contributed by atoms with Crippen molar-refractivity contribution in [3.63, 3.8) is 0 Å². The molecule has 0 saturated carbocycles. The molecule has 0 fully saturated rings. The lowest BCUT2D eigenvalue weighted by Gasteiger charge is -2.06. The molecule has 0 spiro atoms. The molecule has 72 valence electrons. The Balaban J connectivity index is 3.23. The smallest absolute Gasteiger partial charge is 0.266 e. The van der Waals surface area contributed by atoms with Crippen LogP contribution in [-0.2, 0) is 6.54 Å². The molecule has 0 atom stereocenters. The van der Waals surface area contributed by atoms with Crippen LogP contribution in [0.25, 0.3) is 0 Å². The molecule has 0 radical (unpaired) electrons. The molecule has 0 aromatic carbocycles. The van der Waals surface area contributed by atoms with Crippen LogP contribution in [0.5, 0.6) is 0 Å². The van der Waals surface area contributed by atoms with E-state index in [2.05, 4.69) is 20.9 Å². The largest absolute Gasteiger partial charge is 0.325 e. The maximum Gasteiger partial charge on any atom is 0.266 e. The number of hydrogen-bond acceptors (Lipinski definition) is 2. The van der Waals surface area contributed by atoms with Crippen molar-refractivity contribution in [3.05, 3.63) is 27.7 Å². The van der Waals surface area contributed by atoms with Crippen LogP contribution in [-0.4, -0.2) is 4.98 Å². The van der Waals surface area contributed by atoms with Gasteiger partial charge in [-0.1, -0.05) is 0 Å². The first-order valence-corrected chi connectivity index (χ1v) is 4.18. The zero-order valence-electron chi connectivity index (χ0n) is 6.40. The standard InChI is InChI=1S/C7H6BrF3N2/c8-5-3(7(10)11)2-13-4(1-12)6(5)9/h2,7H,1,12H2. The summed E-state index contributed by atoms with van der Waals surface area (Å²) < 4.78 is 37.2. The van der Waals surface area contributed by atoms with E-state index in [1.807, 2.05) is 0 Å². The van der Waals surface area contributed by atoms with Crippen LogP contribution in [0.1, 0.15) is 17.7 Å². The number of alkyl halides is 2. The maximum atomic E-state index is 13.1. The van der Waals surface area contributed by atoms with E-state index in [4.69, 9.17) is 5.73 Å². The lowest BCUT2D eigenvalue weighted by atomic mass is 10.2. The number of pyridine rings is 1. The van der Waals surface area contributed by atoms with Gasteiger partial charge in [0.2, 0.25) is 0 Å². The molecule has 0 saturated heterocycles. The monoisotopic (exact) mass is 254 g/mol. The van der Waals surface area contributed by atoms with Crippen molar-refractivity contribution in [3.8, 4) is 0 Å². The zero-order chi connectivity index (χ0) is 10.0. The predicted molar refractivity (Wildman–Crippen MR) is 44.7 cm³/mol. The van der Waals surface area contributed by atoms with E-state index in [-0.39, 0.29) is 16.7 Å². The van der Waals surface area contributed by atoms with Gasteiger partial charge in [0.1, 0.15) is 0 Å². The molecule has 0 aliphatic carbocycles. The second-order valence-electron chi connectivity index (χ2n) is 2.29. The topological polar surface area (TPSA) is 38.9 Å². The van der Waals surface area contributed by atoms with Crippen LogP contribution in [0.3, 0.4) is 0 Å². The van der Waals surface area contributed by atoms with Gasteiger partial charge in [0.25, 0.3) is 6.43 Å². The van der Waals surface area contributed by atoms with Crippen LogP contribution < -0.4 is 5.73 Å². The number of nitrogens with zero attached hydrogens (tertiary/aromatic N) is 1. The van der Waals surface area contributed by atoms with Gasteiger partial charge in [0.05, 0.1) is 15.7 Å². The molecule has 0 aliphatic rings. The normalized spacial score (nSPS) is 10.9. The van der Waals surface area contributed by atoms with Crippen LogP contribution in [0.15, 0.2) is 10.7 Å². The minimum atomic E-state index is -2.75. The zero-order valence-corrected chi connectivity index (χ0v) is 7.98. The van der Waals surface area contributed by atoms with Gasteiger partial charge in [-0.05, 0) is 15.9 Å². The number of rotatable bonds is 2. The molecule has 0 aliphatic heterocycles. The SMILES string of the molecule is NCc1ncc(C(F)F)c(Br)c1F. The fraction of sp³-hybridized carbons (Fsp3) is 0.286. The van der Waals surface area contributed by atoms with Gasteiger partial charge in [0.15, 0.2) is 5.82 Å². The highest BCUT2D eigenvalue weighted by Crippen LogP contribution is 2.29. The van der Waals surface area contributed by atoms with Crippen molar-refractivity contribution in [2.45, 2.75) is 13.0 Å². The molecular formula is C7H6BrF3N2. The van der Waals surface area contributed by atoms with Crippen LogP contribution in [0.4, 0.5) is 13.2 Å². The Hall–Kier alpha value is -0.620. The highest BCUT2D eigenvalue weighted by molar-refractivity contribution is 9.10. The van der Waals surface area contributed by atoms with Crippen LogP contribution in [0, 0.1) is 5.82 Å². The van der Waals surface area contributed by atoms with Crippen molar-refractivity contribution < 1.29 is 13.2 Å². The fourth-order valence-corrected chi connectivity index (χ4v) is 1.31. The van der Waals surface area contributed by atoms with Crippen molar-refractivity contribution in [2.75, 3.05) is 0 Å². The number of halogens is 4. The summed E-state index contributed by atoms with van der Waals surface area (Å²) >= 11 is 2.72. The van der Waals surface area contributed by atoms with Crippen molar-refractivity contribution >= 4 is 15.9 Å². The van der Waals surface area contributed by atoms with Crippen LogP contribution >= 0.6 is 15.9 Å². The molecule has 13 heavy (non-hydrogen) atoms. The van der Waals surface area contributed by atoms with E-state index in [1.54, 1.807) is 0 Å². The van der Waals surface area contributed by atoms with Gasteiger partial charge >= 0.3 is 0 Å². The summed E-state index contributed by atoms with van der Waals surface area (Å²) in [6, 6.07) is 0. The summed E-state index contributed by atoms with van der Waals surface area (Å²) in [5.74, 6) is -0.819. The Morgan fingerprint density at radius 1 is 1.54 bits per heavy atom. The van der Waals surface area contributed by atoms with Gasteiger partial charge < -0.3 is 5.73 Å². The first kappa shape index (κ1) is 10.5. The molecule has 6 heteroatoms. The Kier molecular flexibility index (Phi) is 3.27. The molecule has 2 nitrogen and oxygen atoms in total. The number of aromatic nitrogens is 1. The second kappa shape index (κ2) is 4.06. The lowest BCUT2D eigenvalue weighted by Crippen LogP contribution is -2.05. The van der Waals surface area contributed by atoms with E-state index < -0.39 is 17.8 Å². The first-order chi connectivity index (χ1) is 6.07. The Bertz CT molecular complexity index is 317.